The molecule has 1 unspecified atom stereocenters. The van der Waals surface area contributed by atoms with E-state index in [1.807, 2.05) is 12.1 Å². The van der Waals surface area contributed by atoms with Crippen LogP contribution >= 0.6 is 0 Å². The van der Waals surface area contributed by atoms with Crippen molar-refractivity contribution in [3.63, 3.8) is 0 Å². The molecule has 1 aromatic rings. The van der Waals surface area contributed by atoms with E-state index >= 15 is 0 Å². The summed E-state index contributed by atoms with van der Waals surface area (Å²) in [6.07, 6.45) is 3.68. The van der Waals surface area contributed by atoms with Gasteiger partial charge in [-0.15, -0.1) is 0 Å². The molecule has 16 heavy (non-hydrogen) atoms. The zero-order chi connectivity index (χ0) is 11.4. The predicted octanol–water partition coefficient (Wildman–Crippen LogP) is 1.32. The molecule has 1 atom stereocenters. The summed E-state index contributed by atoms with van der Waals surface area (Å²) in [5.74, 6) is -0.879. The fourth-order valence-corrected chi connectivity index (χ4v) is 1.72. The van der Waals surface area contributed by atoms with Gasteiger partial charge in [-0.05, 0) is 30.5 Å². The van der Waals surface area contributed by atoms with Crippen LogP contribution < -0.4 is 5.32 Å². The Balaban J connectivity index is 1.89. The first-order valence-electron chi connectivity index (χ1n) is 5.33. The molecule has 1 aromatic carbocycles. The number of aliphatic imine (C=N–C) groups is 1. The Labute approximate surface area is 94.0 Å². The summed E-state index contributed by atoms with van der Waals surface area (Å²) in [6, 6.07) is 7.39. The first-order valence-corrected chi connectivity index (χ1v) is 5.33. The second kappa shape index (κ2) is 4.79. The van der Waals surface area contributed by atoms with Crippen LogP contribution in [0.4, 0.5) is 0 Å². The van der Waals surface area contributed by atoms with Gasteiger partial charge in [0, 0.05) is 6.54 Å². The molecule has 84 valence electrons. The summed E-state index contributed by atoms with van der Waals surface area (Å²) in [5, 5.41) is 11.8. The number of nitrogens with zero attached hydrogens (tertiary/aromatic N) is 1. The third-order valence-corrected chi connectivity index (χ3v) is 2.70. The highest BCUT2D eigenvalue weighted by Crippen LogP contribution is 2.10. The van der Waals surface area contributed by atoms with Crippen LogP contribution in [0.3, 0.4) is 0 Å². The van der Waals surface area contributed by atoms with Crippen molar-refractivity contribution in [3.05, 3.63) is 35.4 Å². The summed E-state index contributed by atoms with van der Waals surface area (Å²) in [4.78, 5) is 14.9. The van der Waals surface area contributed by atoms with Crippen LogP contribution in [0, 0.1) is 0 Å². The van der Waals surface area contributed by atoms with Gasteiger partial charge in [0.05, 0.1) is 17.9 Å². The number of carbonyl (C=O) groups is 1. The minimum absolute atomic E-state index is 0.337. The number of hydrogen-bond donors (Lipinski definition) is 2. The zero-order valence-electron chi connectivity index (χ0n) is 8.89. The van der Waals surface area contributed by atoms with Crippen LogP contribution in [-0.2, 0) is 6.42 Å². The first kappa shape index (κ1) is 10.7. The van der Waals surface area contributed by atoms with Gasteiger partial charge in [0.1, 0.15) is 0 Å². The highest BCUT2D eigenvalue weighted by Gasteiger charge is 2.09. The van der Waals surface area contributed by atoms with E-state index in [0.29, 0.717) is 11.6 Å². The monoisotopic (exact) mass is 218 g/mol. The summed E-state index contributed by atoms with van der Waals surface area (Å²) in [5.41, 5.74) is 1.50. The number of nitrogens with one attached hydrogen (secondary N) is 1. The van der Waals surface area contributed by atoms with E-state index < -0.39 is 5.97 Å². The summed E-state index contributed by atoms with van der Waals surface area (Å²) < 4.78 is 0. The largest absolute Gasteiger partial charge is 0.478 e. The zero-order valence-corrected chi connectivity index (χ0v) is 8.89. The van der Waals surface area contributed by atoms with Gasteiger partial charge in [-0.2, -0.15) is 0 Å². The van der Waals surface area contributed by atoms with E-state index in [1.54, 1.807) is 18.5 Å². The Hall–Kier alpha value is -1.84. The van der Waals surface area contributed by atoms with Gasteiger partial charge >= 0.3 is 5.97 Å². The number of rotatable bonds is 4. The Morgan fingerprint density at radius 1 is 1.44 bits per heavy atom. The number of carboxylic acid groups (broad SMARTS) is 1. The van der Waals surface area contributed by atoms with Crippen molar-refractivity contribution >= 4 is 12.3 Å². The van der Waals surface area contributed by atoms with Crippen LogP contribution in [0.1, 0.15) is 22.3 Å². The smallest absolute Gasteiger partial charge is 0.335 e. The molecular formula is C12H14N2O2. The molecule has 0 aromatic heterocycles. The van der Waals surface area contributed by atoms with Crippen molar-refractivity contribution in [2.24, 2.45) is 4.99 Å². The molecule has 2 N–H and O–H groups in total. The average molecular weight is 218 g/mol. The SMILES string of the molecule is O=C(O)c1ccc(CCC2CNC=N2)cc1. The first-order chi connectivity index (χ1) is 7.75. The van der Waals surface area contributed by atoms with Crippen LogP contribution in [-0.4, -0.2) is 30.0 Å². The van der Waals surface area contributed by atoms with Gasteiger partial charge in [-0.1, -0.05) is 12.1 Å². The van der Waals surface area contributed by atoms with Crippen LogP contribution in [0.2, 0.25) is 0 Å². The van der Waals surface area contributed by atoms with E-state index in [0.717, 1.165) is 24.9 Å². The van der Waals surface area contributed by atoms with Gasteiger partial charge in [-0.3, -0.25) is 4.99 Å². The van der Waals surface area contributed by atoms with Gasteiger partial charge in [0.2, 0.25) is 0 Å². The highest BCUT2D eigenvalue weighted by atomic mass is 16.4. The molecule has 1 heterocycles. The molecule has 0 saturated carbocycles. The molecule has 4 nitrogen and oxygen atoms in total. The molecule has 2 rings (SSSR count). The molecule has 0 saturated heterocycles. The lowest BCUT2D eigenvalue weighted by Gasteiger charge is -2.06. The van der Waals surface area contributed by atoms with E-state index in [4.69, 9.17) is 5.11 Å². The molecule has 4 heteroatoms. The Morgan fingerprint density at radius 3 is 2.75 bits per heavy atom. The molecule has 1 aliphatic heterocycles. The van der Waals surface area contributed by atoms with Crippen molar-refractivity contribution in [2.45, 2.75) is 18.9 Å². The minimum atomic E-state index is -0.879. The molecule has 1 aliphatic rings. The normalized spacial score (nSPS) is 18.4. The number of hydrogen-bond acceptors (Lipinski definition) is 3. The van der Waals surface area contributed by atoms with E-state index in [1.165, 1.54) is 0 Å². The average Bonchev–Trinajstić information content (AvgIpc) is 2.80. The van der Waals surface area contributed by atoms with Gasteiger partial charge in [-0.25, -0.2) is 4.79 Å². The molecule has 0 amide bonds. The Bertz CT molecular complexity index is 398. The second-order valence-corrected chi connectivity index (χ2v) is 3.88. The Morgan fingerprint density at radius 2 is 2.19 bits per heavy atom. The number of aromatic carboxylic acids is 1. The van der Waals surface area contributed by atoms with Crippen LogP contribution in [0.5, 0.6) is 0 Å². The lowest BCUT2D eigenvalue weighted by atomic mass is 10.0. The fraction of sp³-hybridized carbons (Fsp3) is 0.333. The topological polar surface area (TPSA) is 61.7 Å². The van der Waals surface area contributed by atoms with E-state index in [2.05, 4.69) is 10.3 Å². The third-order valence-electron chi connectivity index (χ3n) is 2.70. The van der Waals surface area contributed by atoms with Crippen LogP contribution in [0.15, 0.2) is 29.3 Å². The van der Waals surface area contributed by atoms with E-state index in [9.17, 15) is 4.79 Å². The number of carboxylic acids is 1. The predicted molar refractivity (Wildman–Crippen MR) is 62.0 cm³/mol. The number of aryl methyl sites for hydroxylation is 1. The molecule has 0 fully saturated rings. The summed E-state index contributed by atoms with van der Waals surface area (Å²) in [6.45, 7) is 0.910. The maximum absolute atomic E-state index is 10.7. The highest BCUT2D eigenvalue weighted by molar-refractivity contribution is 5.87. The molecule has 0 radical (unpaired) electrons. The lowest BCUT2D eigenvalue weighted by Crippen LogP contribution is -2.15. The quantitative estimate of drug-likeness (QED) is 0.801. The van der Waals surface area contributed by atoms with Crippen LogP contribution in [0.25, 0.3) is 0 Å². The minimum Gasteiger partial charge on any atom is -0.478 e. The van der Waals surface area contributed by atoms with Gasteiger partial charge in [0.15, 0.2) is 0 Å². The standard InChI is InChI=1S/C12H14N2O2/c15-12(16)10-4-1-9(2-5-10)3-6-11-7-13-8-14-11/h1-2,4-5,8,11H,3,6-7H2,(H,13,14)(H,15,16). The fourth-order valence-electron chi connectivity index (χ4n) is 1.72. The summed E-state index contributed by atoms with van der Waals surface area (Å²) in [7, 11) is 0. The summed E-state index contributed by atoms with van der Waals surface area (Å²) >= 11 is 0. The molecule has 0 aliphatic carbocycles. The van der Waals surface area contributed by atoms with Crippen molar-refractivity contribution in [3.8, 4) is 0 Å². The molecule has 0 spiro atoms. The van der Waals surface area contributed by atoms with Gasteiger partial charge in [0.25, 0.3) is 0 Å². The maximum atomic E-state index is 10.7. The molecular weight excluding hydrogens is 204 g/mol. The maximum Gasteiger partial charge on any atom is 0.335 e. The third kappa shape index (κ3) is 2.59. The van der Waals surface area contributed by atoms with Crippen molar-refractivity contribution in [1.29, 1.82) is 0 Å². The van der Waals surface area contributed by atoms with Gasteiger partial charge < -0.3 is 10.4 Å². The van der Waals surface area contributed by atoms with Crippen molar-refractivity contribution in [2.75, 3.05) is 6.54 Å². The number of benzene rings is 1. The molecule has 0 bridgehead atoms. The lowest BCUT2D eigenvalue weighted by molar-refractivity contribution is 0.0697. The second-order valence-electron chi connectivity index (χ2n) is 3.88. The van der Waals surface area contributed by atoms with Crippen molar-refractivity contribution < 1.29 is 9.90 Å². The Kier molecular flexibility index (Phi) is 3.19. The van der Waals surface area contributed by atoms with E-state index in [-0.39, 0.29) is 0 Å². The van der Waals surface area contributed by atoms with Crippen molar-refractivity contribution in [1.82, 2.24) is 5.32 Å².